The first-order valence-corrected chi connectivity index (χ1v) is 6.75. The number of carbonyl (C=O) groups is 2. The molecule has 20 heavy (non-hydrogen) atoms. The summed E-state index contributed by atoms with van der Waals surface area (Å²) in [6.45, 7) is 6.02. The molecule has 1 aliphatic heterocycles. The molecule has 1 fully saturated rings. The van der Waals surface area contributed by atoms with Gasteiger partial charge in [-0.3, -0.25) is 9.59 Å². The molecule has 0 saturated carbocycles. The summed E-state index contributed by atoms with van der Waals surface area (Å²) in [5, 5.41) is 2.79. The molecular formula is C16H20N2O2. The number of likely N-dealkylation sites (tertiary alicyclic amines) is 1. The van der Waals surface area contributed by atoms with Crippen molar-refractivity contribution in [3.63, 3.8) is 0 Å². The van der Waals surface area contributed by atoms with E-state index in [1.54, 1.807) is 18.0 Å². The van der Waals surface area contributed by atoms with E-state index >= 15 is 0 Å². The zero-order chi connectivity index (χ0) is 14.7. The van der Waals surface area contributed by atoms with Crippen molar-refractivity contribution in [2.75, 3.05) is 13.6 Å². The summed E-state index contributed by atoms with van der Waals surface area (Å²) < 4.78 is 0. The number of nitrogens with one attached hydrogen (secondary N) is 1. The van der Waals surface area contributed by atoms with Crippen LogP contribution in [0.25, 0.3) is 0 Å². The maximum absolute atomic E-state index is 12.2. The lowest BCUT2D eigenvalue weighted by Gasteiger charge is -2.25. The van der Waals surface area contributed by atoms with E-state index in [1.807, 2.05) is 31.2 Å². The molecule has 4 heteroatoms. The van der Waals surface area contributed by atoms with Gasteiger partial charge in [0, 0.05) is 20.0 Å². The Morgan fingerprint density at radius 2 is 2.10 bits per heavy atom. The zero-order valence-electron chi connectivity index (χ0n) is 11.9. The minimum absolute atomic E-state index is 0.00864. The number of carbonyl (C=O) groups excluding carboxylic acids is 2. The topological polar surface area (TPSA) is 49.4 Å². The Bertz CT molecular complexity index is 522. The average Bonchev–Trinajstić information content (AvgIpc) is 2.73. The minimum Gasteiger partial charge on any atom is -0.352 e. The molecule has 1 aromatic carbocycles. The van der Waals surface area contributed by atoms with E-state index < -0.39 is 0 Å². The van der Waals surface area contributed by atoms with Crippen LogP contribution in [0.5, 0.6) is 0 Å². The van der Waals surface area contributed by atoms with Gasteiger partial charge in [-0.15, -0.1) is 6.58 Å². The maximum atomic E-state index is 12.2. The van der Waals surface area contributed by atoms with Gasteiger partial charge in [-0.25, -0.2) is 0 Å². The molecule has 4 nitrogen and oxygen atoms in total. The van der Waals surface area contributed by atoms with Crippen LogP contribution < -0.4 is 5.32 Å². The first-order valence-electron chi connectivity index (χ1n) is 6.75. The summed E-state index contributed by atoms with van der Waals surface area (Å²) in [6, 6.07) is 7.80. The number of nitrogens with zero attached hydrogens (tertiary/aromatic N) is 1. The van der Waals surface area contributed by atoms with Crippen LogP contribution in [0.15, 0.2) is 36.9 Å². The first kappa shape index (κ1) is 14.3. The molecule has 0 spiro atoms. The van der Waals surface area contributed by atoms with Crippen molar-refractivity contribution < 1.29 is 9.59 Å². The third-order valence-corrected chi connectivity index (χ3v) is 3.76. The molecule has 1 N–H and O–H groups in total. The summed E-state index contributed by atoms with van der Waals surface area (Å²) >= 11 is 0. The Morgan fingerprint density at radius 1 is 1.45 bits per heavy atom. The predicted octanol–water partition coefficient (Wildman–Crippen LogP) is 1.82. The highest BCUT2D eigenvalue weighted by molar-refractivity contribution is 5.90. The predicted molar refractivity (Wildman–Crippen MR) is 78.0 cm³/mol. The van der Waals surface area contributed by atoms with E-state index in [2.05, 4.69) is 11.9 Å². The molecule has 0 bridgehead atoms. The Labute approximate surface area is 119 Å². The van der Waals surface area contributed by atoms with Crippen LogP contribution in [0.1, 0.15) is 23.6 Å². The Balaban J connectivity index is 2.26. The van der Waals surface area contributed by atoms with Gasteiger partial charge in [0.1, 0.15) is 0 Å². The van der Waals surface area contributed by atoms with E-state index in [0.29, 0.717) is 6.54 Å². The summed E-state index contributed by atoms with van der Waals surface area (Å²) in [5.74, 6) is -0.419. The van der Waals surface area contributed by atoms with Crippen molar-refractivity contribution in [3.05, 3.63) is 48.0 Å². The molecule has 0 aliphatic carbocycles. The fraction of sp³-hybridized carbons (Fsp3) is 0.375. The van der Waals surface area contributed by atoms with Crippen molar-refractivity contribution in [3.8, 4) is 0 Å². The highest BCUT2D eigenvalue weighted by Gasteiger charge is 2.42. The lowest BCUT2D eigenvalue weighted by atomic mass is 9.92. The van der Waals surface area contributed by atoms with E-state index in [9.17, 15) is 9.59 Å². The smallest absolute Gasteiger partial charge is 0.226 e. The van der Waals surface area contributed by atoms with Gasteiger partial charge in [0.2, 0.25) is 11.8 Å². The molecule has 0 aromatic heterocycles. The van der Waals surface area contributed by atoms with E-state index in [4.69, 9.17) is 0 Å². The van der Waals surface area contributed by atoms with Crippen LogP contribution in [-0.2, 0) is 9.59 Å². The third-order valence-electron chi connectivity index (χ3n) is 3.76. The Morgan fingerprint density at radius 3 is 2.70 bits per heavy atom. The average molecular weight is 272 g/mol. The summed E-state index contributed by atoms with van der Waals surface area (Å²) in [7, 11) is 1.76. The van der Waals surface area contributed by atoms with Gasteiger partial charge in [0.25, 0.3) is 0 Å². The highest BCUT2D eigenvalue weighted by Crippen LogP contribution is 2.37. The minimum atomic E-state index is -0.338. The number of amides is 2. The van der Waals surface area contributed by atoms with E-state index in [-0.39, 0.29) is 30.2 Å². The van der Waals surface area contributed by atoms with Crippen molar-refractivity contribution in [1.82, 2.24) is 10.2 Å². The van der Waals surface area contributed by atoms with E-state index in [0.717, 1.165) is 11.1 Å². The van der Waals surface area contributed by atoms with Crippen LogP contribution in [-0.4, -0.2) is 30.3 Å². The molecule has 0 radical (unpaired) electrons. The Hall–Kier alpha value is -2.10. The number of aryl methyl sites for hydroxylation is 1. The van der Waals surface area contributed by atoms with Crippen LogP contribution in [0.4, 0.5) is 0 Å². The van der Waals surface area contributed by atoms with Crippen molar-refractivity contribution in [2.24, 2.45) is 5.92 Å². The monoisotopic (exact) mass is 272 g/mol. The second kappa shape index (κ2) is 5.90. The van der Waals surface area contributed by atoms with Crippen LogP contribution in [0.2, 0.25) is 0 Å². The summed E-state index contributed by atoms with van der Waals surface area (Å²) in [4.78, 5) is 25.8. The lowest BCUT2D eigenvalue weighted by molar-refractivity contribution is -0.128. The van der Waals surface area contributed by atoms with Gasteiger partial charge < -0.3 is 10.2 Å². The highest BCUT2D eigenvalue weighted by atomic mass is 16.2. The van der Waals surface area contributed by atoms with Gasteiger partial charge >= 0.3 is 0 Å². The Kier molecular flexibility index (Phi) is 4.23. The zero-order valence-corrected chi connectivity index (χ0v) is 11.9. The van der Waals surface area contributed by atoms with Crippen molar-refractivity contribution in [1.29, 1.82) is 0 Å². The van der Waals surface area contributed by atoms with Crippen molar-refractivity contribution >= 4 is 11.8 Å². The second-order valence-corrected chi connectivity index (χ2v) is 5.20. The largest absolute Gasteiger partial charge is 0.352 e. The normalized spacial score (nSPS) is 21.9. The van der Waals surface area contributed by atoms with Gasteiger partial charge in [-0.2, -0.15) is 0 Å². The van der Waals surface area contributed by atoms with Crippen LogP contribution >= 0.6 is 0 Å². The molecule has 2 rings (SSSR count). The maximum Gasteiger partial charge on any atom is 0.226 e. The fourth-order valence-corrected chi connectivity index (χ4v) is 2.63. The number of rotatable bonds is 4. The molecule has 1 saturated heterocycles. The summed E-state index contributed by atoms with van der Waals surface area (Å²) in [6.07, 6.45) is 1.90. The van der Waals surface area contributed by atoms with Crippen LogP contribution in [0.3, 0.4) is 0 Å². The molecular weight excluding hydrogens is 252 g/mol. The molecule has 106 valence electrons. The molecule has 0 unspecified atom stereocenters. The van der Waals surface area contributed by atoms with Crippen molar-refractivity contribution in [2.45, 2.75) is 19.4 Å². The van der Waals surface area contributed by atoms with Gasteiger partial charge in [-0.1, -0.05) is 35.9 Å². The summed E-state index contributed by atoms with van der Waals surface area (Å²) in [5.41, 5.74) is 2.16. The number of hydrogen-bond acceptors (Lipinski definition) is 2. The molecule has 1 aromatic rings. The number of benzene rings is 1. The third kappa shape index (κ3) is 2.74. The van der Waals surface area contributed by atoms with Gasteiger partial charge in [-0.05, 0) is 12.5 Å². The number of hydrogen-bond donors (Lipinski definition) is 1. The first-order chi connectivity index (χ1) is 9.54. The van der Waals surface area contributed by atoms with E-state index in [1.165, 1.54) is 0 Å². The molecule has 2 atom stereocenters. The van der Waals surface area contributed by atoms with Crippen LogP contribution in [0, 0.1) is 12.8 Å². The lowest BCUT2D eigenvalue weighted by Crippen LogP contribution is -2.34. The SMILES string of the molecule is C=CCNC(=O)[C@@H]1CC(=O)N(C)[C@H]1c1ccc(C)cc1. The fourth-order valence-electron chi connectivity index (χ4n) is 2.63. The molecule has 2 amide bonds. The molecule has 1 heterocycles. The second-order valence-electron chi connectivity index (χ2n) is 5.20. The van der Waals surface area contributed by atoms with Gasteiger partial charge in [0.15, 0.2) is 0 Å². The standard InChI is InChI=1S/C16H20N2O2/c1-4-9-17-16(20)13-10-14(19)18(3)15(13)12-7-5-11(2)6-8-12/h4-8,13,15H,1,9-10H2,2-3H3,(H,17,20)/t13-,15+/m1/s1. The molecule has 1 aliphatic rings. The van der Waals surface area contributed by atoms with Gasteiger partial charge in [0.05, 0.1) is 12.0 Å². The quantitative estimate of drug-likeness (QED) is 0.850.